The van der Waals surface area contributed by atoms with Crippen LogP contribution in [0.15, 0.2) is 18.2 Å². The molecule has 0 aliphatic carbocycles. The van der Waals surface area contributed by atoms with Crippen LogP contribution in [0.3, 0.4) is 0 Å². The number of hydrogen-bond donors (Lipinski definition) is 2. The smallest absolute Gasteiger partial charge is 0.319 e. The van der Waals surface area contributed by atoms with Gasteiger partial charge in [-0.2, -0.15) is 0 Å². The fraction of sp³-hybridized carbons (Fsp3) is 0.500. The van der Waals surface area contributed by atoms with Crippen LogP contribution in [0, 0.1) is 0 Å². The molecule has 0 unspecified atom stereocenters. The molecular weight excluding hydrogens is 280 g/mol. The molecule has 5 nitrogen and oxygen atoms in total. The molecule has 1 aromatic rings. The van der Waals surface area contributed by atoms with Gasteiger partial charge >= 0.3 is 6.03 Å². The Labute approximate surface area is 123 Å². The lowest BCUT2D eigenvalue weighted by molar-refractivity contribution is 0.0868. The SMILES string of the molecule is COc1ccc(Cl)cc1NC(=O)N[C@@H](C)[C@H]1CCCO1. The van der Waals surface area contributed by atoms with Gasteiger partial charge in [0.1, 0.15) is 5.75 Å². The number of carbonyl (C=O) groups excluding carboxylic acids is 1. The molecule has 2 N–H and O–H groups in total. The fourth-order valence-electron chi connectivity index (χ4n) is 2.23. The normalized spacial score (nSPS) is 19.4. The molecule has 2 atom stereocenters. The van der Waals surface area contributed by atoms with Crippen LogP contribution >= 0.6 is 11.6 Å². The Balaban J connectivity index is 1.95. The van der Waals surface area contributed by atoms with E-state index in [2.05, 4.69) is 10.6 Å². The van der Waals surface area contributed by atoms with Crippen LogP contribution in [-0.4, -0.2) is 31.9 Å². The summed E-state index contributed by atoms with van der Waals surface area (Å²) in [4.78, 5) is 12.0. The first-order chi connectivity index (χ1) is 9.60. The van der Waals surface area contributed by atoms with Gasteiger partial charge in [0.2, 0.25) is 0 Å². The molecule has 0 radical (unpaired) electrons. The van der Waals surface area contributed by atoms with Gasteiger partial charge in [-0.1, -0.05) is 11.6 Å². The van der Waals surface area contributed by atoms with E-state index in [-0.39, 0.29) is 18.2 Å². The van der Waals surface area contributed by atoms with Crippen molar-refractivity contribution in [1.29, 1.82) is 0 Å². The second-order valence-electron chi connectivity index (χ2n) is 4.78. The van der Waals surface area contributed by atoms with Gasteiger partial charge in [0.15, 0.2) is 0 Å². The highest BCUT2D eigenvalue weighted by atomic mass is 35.5. The van der Waals surface area contributed by atoms with Gasteiger partial charge in [0.05, 0.1) is 24.9 Å². The predicted molar refractivity (Wildman–Crippen MR) is 78.6 cm³/mol. The van der Waals surface area contributed by atoms with Crippen molar-refractivity contribution in [3.63, 3.8) is 0 Å². The predicted octanol–water partition coefficient (Wildman–Crippen LogP) is 3.04. The van der Waals surface area contributed by atoms with Crippen LogP contribution in [0.4, 0.5) is 10.5 Å². The van der Waals surface area contributed by atoms with Crippen LogP contribution in [0.1, 0.15) is 19.8 Å². The van der Waals surface area contributed by atoms with Crippen LogP contribution in [-0.2, 0) is 4.74 Å². The first kappa shape index (κ1) is 14.9. The van der Waals surface area contributed by atoms with Gasteiger partial charge in [-0.3, -0.25) is 0 Å². The lowest BCUT2D eigenvalue weighted by Gasteiger charge is -2.20. The van der Waals surface area contributed by atoms with E-state index in [1.165, 1.54) is 0 Å². The number of urea groups is 1. The topological polar surface area (TPSA) is 59.6 Å². The fourth-order valence-corrected chi connectivity index (χ4v) is 2.41. The minimum atomic E-state index is -0.298. The Morgan fingerprint density at radius 3 is 3.00 bits per heavy atom. The van der Waals surface area contributed by atoms with E-state index in [1.807, 2.05) is 6.92 Å². The van der Waals surface area contributed by atoms with Crippen molar-refractivity contribution in [2.75, 3.05) is 19.0 Å². The summed E-state index contributed by atoms with van der Waals surface area (Å²) in [5.74, 6) is 0.564. The molecular formula is C14H19ClN2O3. The molecule has 1 aromatic carbocycles. The molecule has 0 aromatic heterocycles. The lowest BCUT2D eigenvalue weighted by Crippen LogP contribution is -2.43. The van der Waals surface area contributed by atoms with E-state index in [1.54, 1.807) is 25.3 Å². The standard InChI is InChI=1S/C14H19ClN2O3/c1-9(12-4-3-7-20-12)16-14(18)17-11-8-10(15)5-6-13(11)19-2/h5-6,8-9,12H,3-4,7H2,1-2H3,(H2,16,17,18)/t9-,12+/m0/s1. The summed E-state index contributed by atoms with van der Waals surface area (Å²) in [5.41, 5.74) is 0.539. The molecule has 1 aliphatic heterocycles. The van der Waals surface area contributed by atoms with Crippen molar-refractivity contribution in [1.82, 2.24) is 5.32 Å². The Hall–Kier alpha value is -1.46. The Kier molecular flexibility index (Phi) is 5.09. The summed E-state index contributed by atoms with van der Waals surface area (Å²) in [7, 11) is 1.54. The third kappa shape index (κ3) is 3.77. The minimum absolute atomic E-state index is 0.0392. The average Bonchev–Trinajstić information content (AvgIpc) is 2.92. The summed E-state index contributed by atoms with van der Waals surface area (Å²) in [6, 6.07) is 4.73. The largest absolute Gasteiger partial charge is 0.495 e. The maximum Gasteiger partial charge on any atom is 0.319 e. The number of halogens is 1. The molecule has 0 spiro atoms. The third-order valence-electron chi connectivity index (χ3n) is 3.29. The van der Waals surface area contributed by atoms with Crippen LogP contribution < -0.4 is 15.4 Å². The number of hydrogen-bond acceptors (Lipinski definition) is 3. The van der Waals surface area contributed by atoms with E-state index in [4.69, 9.17) is 21.1 Å². The van der Waals surface area contributed by atoms with Gasteiger partial charge in [0.25, 0.3) is 0 Å². The third-order valence-corrected chi connectivity index (χ3v) is 3.53. The highest BCUT2D eigenvalue weighted by Crippen LogP contribution is 2.27. The number of benzene rings is 1. The van der Waals surface area contributed by atoms with Crippen molar-refractivity contribution in [3.8, 4) is 5.75 Å². The number of amides is 2. The van der Waals surface area contributed by atoms with Crippen LogP contribution in [0.2, 0.25) is 5.02 Å². The molecule has 0 saturated carbocycles. The van der Waals surface area contributed by atoms with Crippen molar-refractivity contribution in [3.05, 3.63) is 23.2 Å². The summed E-state index contributed by atoms with van der Waals surface area (Å²) >= 11 is 5.92. The number of nitrogens with one attached hydrogen (secondary N) is 2. The monoisotopic (exact) mass is 298 g/mol. The molecule has 1 saturated heterocycles. The maximum atomic E-state index is 12.0. The highest BCUT2D eigenvalue weighted by molar-refractivity contribution is 6.31. The zero-order valence-corrected chi connectivity index (χ0v) is 12.4. The second-order valence-corrected chi connectivity index (χ2v) is 5.22. The van der Waals surface area contributed by atoms with E-state index >= 15 is 0 Å². The van der Waals surface area contributed by atoms with Gasteiger partial charge in [-0.05, 0) is 38.0 Å². The summed E-state index contributed by atoms with van der Waals surface area (Å²) in [6.07, 6.45) is 2.10. The van der Waals surface area contributed by atoms with Gasteiger partial charge < -0.3 is 20.1 Å². The molecule has 1 fully saturated rings. The van der Waals surface area contributed by atoms with E-state index in [9.17, 15) is 4.79 Å². The Morgan fingerprint density at radius 2 is 2.35 bits per heavy atom. The molecule has 20 heavy (non-hydrogen) atoms. The molecule has 2 rings (SSSR count). The number of carbonyl (C=O) groups is 1. The number of methoxy groups -OCH3 is 1. The zero-order valence-electron chi connectivity index (χ0n) is 11.6. The average molecular weight is 299 g/mol. The van der Waals surface area contributed by atoms with Crippen molar-refractivity contribution in [2.24, 2.45) is 0 Å². The summed E-state index contributed by atoms with van der Waals surface area (Å²) < 4.78 is 10.7. The lowest BCUT2D eigenvalue weighted by atomic mass is 10.1. The molecule has 2 amide bonds. The summed E-state index contributed by atoms with van der Waals surface area (Å²) in [6.45, 7) is 2.70. The molecule has 6 heteroatoms. The number of ether oxygens (including phenoxy) is 2. The zero-order chi connectivity index (χ0) is 14.5. The van der Waals surface area contributed by atoms with Crippen molar-refractivity contribution in [2.45, 2.75) is 31.9 Å². The molecule has 1 aliphatic rings. The minimum Gasteiger partial charge on any atom is -0.495 e. The van der Waals surface area contributed by atoms with Crippen LogP contribution in [0.5, 0.6) is 5.75 Å². The quantitative estimate of drug-likeness (QED) is 0.898. The van der Waals surface area contributed by atoms with Gasteiger partial charge in [-0.25, -0.2) is 4.79 Å². The molecule has 1 heterocycles. The second kappa shape index (κ2) is 6.81. The van der Waals surface area contributed by atoms with Gasteiger partial charge in [0, 0.05) is 11.6 Å². The van der Waals surface area contributed by atoms with E-state index in [0.717, 1.165) is 19.4 Å². The maximum absolute atomic E-state index is 12.0. The first-order valence-electron chi connectivity index (χ1n) is 6.63. The summed E-state index contributed by atoms with van der Waals surface area (Å²) in [5, 5.41) is 6.14. The number of anilines is 1. The molecule has 0 bridgehead atoms. The first-order valence-corrected chi connectivity index (χ1v) is 7.00. The van der Waals surface area contributed by atoms with Crippen molar-refractivity contribution >= 4 is 23.3 Å². The van der Waals surface area contributed by atoms with Crippen molar-refractivity contribution < 1.29 is 14.3 Å². The van der Waals surface area contributed by atoms with E-state index < -0.39 is 0 Å². The Morgan fingerprint density at radius 1 is 1.55 bits per heavy atom. The Bertz CT molecular complexity index is 475. The van der Waals surface area contributed by atoms with Crippen LogP contribution in [0.25, 0.3) is 0 Å². The van der Waals surface area contributed by atoms with Gasteiger partial charge in [-0.15, -0.1) is 0 Å². The molecule has 110 valence electrons. The number of rotatable bonds is 4. The van der Waals surface area contributed by atoms with E-state index in [0.29, 0.717) is 16.5 Å². The highest BCUT2D eigenvalue weighted by Gasteiger charge is 2.23.